The first-order valence-corrected chi connectivity index (χ1v) is 9.40. The lowest BCUT2D eigenvalue weighted by molar-refractivity contribution is -0.137. The van der Waals surface area contributed by atoms with E-state index in [1.807, 2.05) is 0 Å². The van der Waals surface area contributed by atoms with Crippen LogP contribution >= 0.6 is 11.3 Å². The Bertz CT molecular complexity index is 999. The van der Waals surface area contributed by atoms with Gasteiger partial charge in [-0.15, -0.1) is 11.3 Å². The van der Waals surface area contributed by atoms with E-state index in [9.17, 15) is 22.4 Å². The van der Waals surface area contributed by atoms with Gasteiger partial charge in [0.2, 0.25) is 0 Å². The molecular formula is C20H17F4NO3S. The first-order chi connectivity index (χ1) is 13.8. The molecule has 3 rings (SSSR count). The zero-order chi connectivity index (χ0) is 21.0. The van der Waals surface area contributed by atoms with Gasteiger partial charge in [-0.3, -0.25) is 4.79 Å². The van der Waals surface area contributed by atoms with Crippen molar-refractivity contribution in [3.05, 3.63) is 64.3 Å². The van der Waals surface area contributed by atoms with Crippen LogP contribution in [-0.4, -0.2) is 26.2 Å². The van der Waals surface area contributed by atoms with E-state index >= 15 is 0 Å². The maximum absolute atomic E-state index is 14.2. The predicted molar refractivity (Wildman–Crippen MR) is 102 cm³/mol. The van der Waals surface area contributed by atoms with E-state index in [1.54, 1.807) is 12.1 Å². The van der Waals surface area contributed by atoms with Crippen LogP contribution in [0.15, 0.2) is 42.5 Å². The Morgan fingerprint density at radius 2 is 1.86 bits per heavy atom. The summed E-state index contributed by atoms with van der Waals surface area (Å²) in [5, 5.41) is 3.04. The number of amides is 1. The van der Waals surface area contributed by atoms with Gasteiger partial charge < -0.3 is 14.8 Å². The minimum Gasteiger partial charge on any atom is -0.492 e. The van der Waals surface area contributed by atoms with Crippen LogP contribution in [0.1, 0.15) is 20.8 Å². The van der Waals surface area contributed by atoms with Crippen molar-refractivity contribution in [2.24, 2.45) is 0 Å². The molecule has 2 aromatic carbocycles. The molecule has 0 aliphatic heterocycles. The highest BCUT2D eigenvalue weighted by molar-refractivity contribution is 7.21. The highest BCUT2D eigenvalue weighted by atomic mass is 32.1. The summed E-state index contributed by atoms with van der Waals surface area (Å²) < 4.78 is 62.9. The number of fused-ring (bicyclic) bond motifs is 1. The lowest BCUT2D eigenvalue weighted by Gasteiger charge is -2.10. The Labute approximate surface area is 168 Å². The second-order valence-electron chi connectivity index (χ2n) is 6.08. The quantitative estimate of drug-likeness (QED) is 0.426. The van der Waals surface area contributed by atoms with Crippen molar-refractivity contribution in [1.82, 2.24) is 5.32 Å². The van der Waals surface area contributed by atoms with Gasteiger partial charge in [0, 0.05) is 22.8 Å². The normalized spacial score (nSPS) is 11.6. The predicted octanol–water partition coefficient (Wildman–Crippen LogP) is 5.01. The van der Waals surface area contributed by atoms with E-state index in [0.717, 1.165) is 12.1 Å². The molecule has 0 atom stereocenters. The molecule has 1 amide bonds. The zero-order valence-corrected chi connectivity index (χ0v) is 16.1. The molecule has 1 N–H and O–H groups in total. The number of methoxy groups -OCH3 is 1. The molecule has 29 heavy (non-hydrogen) atoms. The Morgan fingerprint density at radius 1 is 1.14 bits per heavy atom. The third-order valence-electron chi connectivity index (χ3n) is 4.10. The molecule has 0 spiro atoms. The first-order valence-electron chi connectivity index (χ1n) is 8.58. The van der Waals surface area contributed by atoms with Gasteiger partial charge in [0.1, 0.15) is 18.2 Å². The topological polar surface area (TPSA) is 47.6 Å². The van der Waals surface area contributed by atoms with E-state index in [4.69, 9.17) is 9.47 Å². The first kappa shape index (κ1) is 21.1. The van der Waals surface area contributed by atoms with Crippen molar-refractivity contribution in [3.8, 4) is 5.75 Å². The smallest absolute Gasteiger partial charge is 0.416 e. The number of ether oxygens (including phenoxy) is 2. The molecule has 0 radical (unpaired) electrons. The highest BCUT2D eigenvalue weighted by Gasteiger charge is 2.30. The molecule has 0 unspecified atom stereocenters. The minimum absolute atomic E-state index is 0.0654. The monoisotopic (exact) mass is 427 g/mol. The third-order valence-corrected chi connectivity index (χ3v) is 5.29. The number of carbonyl (C=O) groups is 1. The van der Waals surface area contributed by atoms with Gasteiger partial charge in [0.05, 0.1) is 23.6 Å². The summed E-state index contributed by atoms with van der Waals surface area (Å²) >= 11 is 1.17. The van der Waals surface area contributed by atoms with Crippen molar-refractivity contribution in [2.75, 3.05) is 20.3 Å². The summed E-state index contributed by atoms with van der Waals surface area (Å²) in [7, 11) is 1.46. The van der Waals surface area contributed by atoms with Gasteiger partial charge in [-0.25, -0.2) is 4.39 Å². The van der Waals surface area contributed by atoms with Crippen LogP contribution in [0.4, 0.5) is 17.6 Å². The number of rotatable bonds is 7. The van der Waals surface area contributed by atoms with E-state index in [2.05, 4.69) is 5.32 Å². The van der Waals surface area contributed by atoms with Gasteiger partial charge in [-0.05, 0) is 36.4 Å². The van der Waals surface area contributed by atoms with Crippen molar-refractivity contribution in [1.29, 1.82) is 0 Å². The molecule has 0 aliphatic carbocycles. The summed E-state index contributed by atoms with van der Waals surface area (Å²) in [5.41, 5.74) is -0.285. The molecular weight excluding hydrogens is 410 g/mol. The van der Waals surface area contributed by atoms with Crippen LogP contribution in [0.3, 0.4) is 0 Å². The van der Waals surface area contributed by atoms with Crippen LogP contribution in [0, 0.1) is 5.82 Å². The molecule has 1 aromatic heterocycles. The van der Waals surface area contributed by atoms with Crippen LogP contribution < -0.4 is 10.1 Å². The maximum Gasteiger partial charge on any atom is 0.416 e. The molecule has 1 heterocycles. The summed E-state index contributed by atoms with van der Waals surface area (Å²) in [6.07, 6.45) is -4.41. The summed E-state index contributed by atoms with van der Waals surface area (Å²) in [6.45, 7) is 0.282. The molecule has 0 saturated carbocycles. The standard InChI is InChI=1S/C20H17F4NO3S/c1-27-11-14-17-15(21)3-2-4-16(17)29-18(14)19(26)25-9-10-28-13-7-5-12(6-8-13)20(22,23)24/h2-8H,9-11H2,1H3,(H,25,26). The summed E-state index contributed by atoms with van der Waals surface area (Å²) in [6, 6.07) is 8.92. The molecule has 3 aromatic rings. The Hall–Kier alpha value is -2.65. The molecule has 154 valence electrons. The van der Waals surface area contributed by atoms with Gasteiger partial charge in [-0.1, -0.05) is 6.07 Å². The van der Waals surface area contributed by atoms with Crippen molar-refractivity contribution < 1.29 is 31.8 Å². The van der Waals surface area contributed by atoms with Crippen molar-refractivity contribution >= 4 is 27.3 Å². The van der Waals surface area contributed by atoms with Crippen LogP contribution in [-0.2, 0) is 17.5 Å². The number of halogens is 4. The summed E-state index contributed by atoms with van der Waals surface area (Å²) in [4.78, 5) is 12.9. The Morgan fingerprint density at radius 3 is 2.52 bits per heavy atom. The Balaban J connectivity index is 1.61. The fourth-order valence-electron chi connectivity index (χ4n) is 2.79. The number of benzene rings is 2. The van der Waals surface area contributed by atoms with Gasteiger partial charge >= 0.3 is 6.18 Å². The minimum atomic E-state index is -4.41. The SMILES string of the molecule is COCc1c(C(=O)NCCOc2ccc(C(F)(F)F)cc2)sc2cccc(F)c12. The number of hydrogen-bond acceptors (Lipinski definition) is 4. The molecule has 9 heteroatoms. The number of carbonyl (C=O) groups excluding carboxylic acids is 1. The third kappa shape index (κ3) is 4.86. The van der Waals surface area contributed by atoms with Gasteiger partial charge in [0.15, 0.2) is 0 Å². The lowest BCUT2D eigenvalue weighted by Crippen LogP contribution is -2.28. The average Bonchev–Trinajstić information content (AvgIpc) is 3.05. The molecule has 0 aliphatic rings. The van der Waals surface area contributed by atoms with Crippen LogP contribution in [0.2, 0.25) is 0 Å². The highest BCUT2D eigenvalue weighted by Crippen LogP contribution is 2.34. The number of hydrogen-bond donors (Lipinski definition) is 1. The Kier molecular flexibility index (Phi) is 6.39. The largest absolute Gasteiger partial charge is 0.492 e. The maximum atomic E-state index is 14.2. The van der Waals surface area contributed by atoms with Gasteiger partial charge in [-0.2, -0.15) is 13.2 Å². The zero-order valence-electron chi connectivity index (χ0n) is 15.3. The van der Waals surface area contributed by atoms with Crippen molar-refractivity contribution in [3.63, 3.8) is 0 Å². The number of nitrogens with one attached hydrogen (secondary N) is 1. The van der Waals surface area contributed by atoms with E-state index in [-0.39, 0.29) is 25.5 Å². The molecule has 0 bridgehead atoms. The van der Waals surface area contributed by atoms with Gasteiger partial charge in [0.25, 0.3) is 5.91 Å². The van der Waals surface area contributed by atoms with E-state index < -0.39 is 23.5 Å². The second-order valence-corrected chi connectivity index (χ2v) is 7.13. The molecule has 4 nitrogen and oxygen atoms in total. The fraction of sp³-hybridized carbons (Fsp3) is 0.250. The van der Waals surface area contributed by atoms with E-state index in [0.29, 0.717) is 20.5 Å². The second kappa shape index (κ2) is 8.79. The number of alkyl halides is 3. The molecule has 0 fully saturated rings. The fourth-order valence-corrected chi connectivity index (χ4v) is 3.93. The van der Waals surface area contributed by atoms with E-state index in [1.165, 1.54) is 36.6 Å². The lowest BCUT2D eigenvalue weighted by atomic mass is 10.1. The van der Waals surface area contributed by atoms with Crippen molar-refractivity contribution in [2.45, 2.75) is 12.8 Å². The molecule has 0 saturated heterocycles. The van der Waals surface area contributed by atoms with Crippen LogP contribution in [0.25, 0.3) is 10.1 Å². The average molecular weight is 427 g/mol. The van der Waals surface area contributed by atoms with Crippen LogP contribution in [0.5, 0.6) is 5.75 Å². The summed E-state index contributed by atoms with van der Waals surface area (Å²) in [5.74, 6) is -0.555. The number of thiophene rings is 1.